The first kappa shape index (κ1) is 17.4. The van der Waals surface area contributed by atoms with Crippen LogP contribution in [0.5, 0.6) is 0 Å². The van der Waals surface area contributed by atoms with Crippen molar-refractivity contribution in [2.75, 3.05) is 0 Å². The predicted molar refractivity (Wildman–Crippen MR) is 112 cm³/mol. The van der Waals surface area contributed by atoms with E-state index < -0.39 is 0 Å². The van der Waals surface area contributed by atoms with Gasteiger partial charge >= 0.3 is 0 Å². The van der Waals surface area contributed by atoms with E-state index in [1.807, 2.05) is 0 Å². The standard InChI is InChI=1S/C22H20Br2/c1-15-11-22(20-9-5-18(14-24)6-10-20)16(2)12-21(15)19-7-3-17(13-23)4-8-19/h3-12H,13-14H2,1-2H3. The molecule has 0 bridgehead atoms. The Kier molecular flexibility index (Phi) is 5.57. The zero-order valence-electron chi connectivity index (χ0n) is 13.9. The Morgan fingerprint density at radius 1 is 0.583 bits per heavy atom. The number of aryl methyl sites for hydroxylation is 2. The van der Waals surface area contributed by atoms with Gasteiger partial charge in [-0.3, -0.25) is 0 Å². The second-order valence-corrected chi connectivity index (χ2v) is 7.26. The topological polar surface area (TPSA) is 0 Å². The molecule has 0 fully saturated rings. The number of hydrogen-bond acceptors (Lipinski definition) is 0. The highest BCUT2D eigenvalue weighted by Gasteiger charge is 2.08. The maximum absolute atomic E-state index is 3.51. The fourth-order valence-corrected chi connectivity index (χ4v) is 3.73. The predicted octanol–water partition coefficient (Wildman–Crippen LogP) is 7.43. The van der Waals surface area contributed by atoms with Crippen molar-refractivity contribution in [2.45, 2.75) is 24.5 Å². The molecule has 0 amide bonds. The van der Waals surface area contributed by atoms with Gasteiger partial charge in [0.25, 0.3) is 0 Å². The van der Waals surface area contributed by atoms with Gasteiger partial charge in [0.2, 0.25) is 0 Å². The van der Waals surface area contributed by atoms with Gasteiger partial charge < -0.3 is 0 Å². The van der Waals surface area contributed by atoms with E-state index in [1.165, 1.54) is 44.5 Å². The van der Waals surface area contributed by atoms with E-state index in [0.717, 1.165) is 10.7 Å². The molecular weight excluding hydrogens is 424 g/mol. The maximum Gasteiger partial charge on any atom is 0.0283 e. The first-order valence-electron chi connectivity index (χ1n) is 8.04. The minimum Gasteiger partial charge on any atom is -0.0876 e. The zero-order valence-corrected chi connectivity index (χ0v) is 17.1. The quantitative estimate of drug-likeness (QED) is 0.367. The largest absolute Gasteiger partial charge is 0.0876 e. The van der Waals surface area contributed by atoms with Crippen molar-refractivity contribution in [2.24, 2.45) is 0 Å². The summed E-state index contributed by atoms with van der Waals surface area (Å²) in [5.74, 6) is 0. The monoisotopic (exact) mass is 442 g/mol. The molecule has 0 saturated heterocycles. The molecule has 2 heteroatoms. The summed E-state index contributed by atoms with van der Waals surface area (Å²) < 4.78 is 0. The summed E-state index contributed by atoms with van der Waals surface area (Å²) in [6.45, 7) is 4.40. The third-order valence-electron chi connectivity index (χ3n) is 4.41. The molecule has 0 atom stereocenters. The van der Waals surface area contributed by atoms with Gasteiger partial charge in [-0.1, -0.05) is 92.5 Å². The van der Waals surface area contributed by atoms with Crippen molar-refractivity contribution in [1.29, 1.82) is 0 Å². The van der Waals surface area contributed by atoms with Crippen LogP contribution in [0.25, 0.3) is 22.3 Å². The van der Waals surface area contributed by atoms with Crippen LogP contribution in [0.4, 0.5) is 0 Å². The molecule has 3 rings (SSSR count). The molecule has 0 saturated carbocycles. The van der Waals surface area contributed by atoms with Crippen LogP contribution in [0.3, 0.4) is 0 Å². The minimum absolute atomic E-state index is 0.897. The number of rotatable bonds is 4. The van der Waals surface area contributed by atoms with Gasteiger partial charge in [-0.2, -0.15) is 0 Å². The summed E-state index contributed by atoms with van der Waals surface area (Å²) in [4.78, 5) is 0. The smallest absolute Gasteiger partial charge is 0.0283 e. The van der Waals surface area contributed by atoms with Crippen molar-refractivity contribution in [3.8, 4) is 22.3 Å². The van der Waals surface area contributed by atoms with Gasteiger partial charge in [-0.25, -0.2) is 0 Å². The van der Waals surface area contributed by atoms with Gasteiger partial charge in [-0.15, -0.1) is 0 Å². The Morgan fingerprint density at radius 3 is 1.21 bits per heavy atom. The highest BCUT2D eigenvalue weighted by molar-refractivity contribution is 9.08. The lowest BCUT2D eigenvalue weighted by Gasteiger charge is -2.13. The van der Waals surface area contributed by atoms with Crippen LogP contribution in [0.15, 0.2) is 60.7 Å². The Balaban J connectivity index is 2.01. The third-order valence-corrected chi connectivity index (χ3v) is 5.70. The van der Waals surface area contributed by atoms with E-state index in [1.54, 1.807) is 0 Å². The molecule has 0 N–H and O–H groups in total. The number of hydrogen-bond donors (Lipinski definition) is 0. The Labute approximate surface area is 161 Å². The maximum atomic E-state index is 3.51. The molecular formula is C22H20Br2. The molecule has 0 radical (unpaired) electrons. The van der Waals surface area contributed by atoms with Crippen molar-refractivity contribution >= 4 is 31.9 Å². The fourth-order valence-electron chi connectivity index (χ4n) is 2.98. The summed E-state index contributed by atoms with van der Waals surface area (Å²) in [6, 6.07) is 22.2. The Morgan fingerprint density at radius 2 is 0.917 bits per heavy atom. The highest BCUT2D eigenvalue weighted by Crippen LogP contribution is 2.32. The van der Waals surface area contributed by atoms with E-state index in [2.05, 4.69) is 106 Å². The molecule has 0 aromatic heterocycles. The van der Waals surface area contributed by atoms with Crippen LogP contribution >= 0.6 is 31.9 Å². The van der Waals surface area contributed by atoms with E-state index in [4.69, 9.17) is 0 Å². The van der Waals surface area contributed by atoms with Crippen LogP contribution < -0.4 is 0 Å². The molecule has 0 aliphatic rings. The molecule has 0 spiro atoms. The molecule has 122 valence electrons. The molecule has 0 unspecified atom stereocenters. The first-order chi connectivity index (χ1) is 11.6. The summed E-state index contributed by atoms with van der Waals surface area (Å²) in [6.07, 6.45) is 0. The summed E-state index contributed by atoms with van der Waals surface area (Å²) in [7, 11) is 0. The average molecular weight is 444 g/mol. The van der Waals surface area contributed by atoms with Crippen LogP contribution in [0, 0.1) is 13.8 Å². The van der Waals surface area contributed by atoms with E-state index in [-0.39, 0.29) is 0 Å². The summed E-state index contributed by atoms with van der Waals surface area (Å²) >= 11 is 7.01. The first-order valence-corrected chi connectivity index (χ1v) is 10.3. The number of halogens is 2. The van der Waals surface area contributed by atoms with Crippen LogP contribution in [-0.2, 0) is 10.7 Å². The Hall–Kier alpha value is -1.38. The van der Waals surface area contributed by atoms with Gasteiger partial charge in [0, 0.05) is 10.7 Å². The third kappa shape index (κ3) is 3.65. The van der Waals surface area contributed by atoms with Crippen molar-refractivity contribution in [1.82, 2.24) is 0 Å². The Bertz CT molecular complexity index is 758. The van der Waals surface area contributed by atoms with Crippen molar-refractivity contribution < 1.29 is 0 Å². The van der Waals surface area contributed by atoms with E-state index in [0.29, 0.717) is 0 Å². The van der Waals surface area contributed by atoms with Crippen molar-refractivity contribution in [3.63, 3.8) is 0 Å². The van der Waals surface area contributed by atoms with Crippen molar-refractivity contribution in [3.05, 3.63) is 82.9 Å². The molecule has 0 aliphatic carbocycles. The minimum atomic E-state index is 0.897. The molecule has 0 nitrogen and oxygen atoms in total. The second-order valence-electron chi connectivity index (χ2n) is 6.14. The van der Waals surface area contributed by atoms with Crippen LogP contribution in [0.2, 0.25) is 0 Å². The highest BCUT2D eigenvalue weighted by atomic mass is 79.9. The molecule has 24 heavy (non-hydrogen) atoms. The zero-order chi connectivity index (χ0) is 17.1. The van der Waals surface area contributed by atoms with E-state index >= 15 is 0 Å². The van der Waals surface area contributed by atoms with Gasteiger partial charge in [-0.05, 0) is 58.4 Å². The van der Waals surface area contributed by atoms with Crippen LogP contribution in [0.1, 0.15) is 22.3 Å². The van der Waals surface area contributed by atoms with Gasteiger partial charge in [0.15, 0.2) is 0 Å². The van der Waals surface area contributed by atoms with Gasteiger partial charge in [0.05, 0.1) is 0 Å². The average Bonchev–Trinajstić information content (AvgIpc) is 2.63. The van der Waals surface area contributed by atoms with Gasteiger partial charge in [0.1, 0.15) is 0 Å². The fraction of sp³-hybridized carbons (Fsp3) is 0.182. The molecule has 0 heterocycles. The summed E-state index contributed by atoms with van der Waals surface area (Å²) in [5.41, 5.74) is 10.4. The second kappa shape index (κ2) is 7.67. The number of alkyl halides is 2. The normalized spacial score (nSPS) is 10.8. The number of benzene rings is 3. The molecule has 0 aliphatic heterocycles. The molecule has 3 aromatic carbocycles. The molecule has 3 aromatic rings. The SMILES string of the molecule is Cc1cc(-c2ccc(CBr)cc2)c(C)cc1-c1ccc(CBr)cc1. The van der Waals surface area contributed by atoms with Crippen LogP contribution in [-0.4, -0.2) is 0 Å². The lowest BCUT2D eigenvalue weighted by Crippen LogP contribution is -1.91. The summed E-state index contributed by atoms with van der Waals surface area (Å²) in [5, 5.41) is 1.79. The lowest BCUT2D eigenvalue weighted by molar-refractivity contribution is 1.37. The van der Waals surface area contributed by atoms with E-state index in [9.17, 15) is 0 Å². The lowest BCUT2D eigenvalue weighted by atomic mass is 9.91.